The van der Waals surface area contributed by atoms with Crippen molar-refractivity contribution >= 4 is 40.4 Å². The number of amides is 2. The van der Waals surface area contributed by atoms with E-state index in [0.717, 1.165) is 12.8 Å². The number of benzene rings is 2. The number of hydrogen-bond donors (Lipinski definition) is 1. The average molecular weight is 493 g/mol. The zero-order chi connectivity index (χ0) is 20.3. The van der Waals surface area contributed by atoms with Crippen molar-refractivity contribution < 1.29 is 24.2 Å². The van der Waals surface area contributed by atoms with Gasteiger partial charge in [0.25, 0.3) is 11.8 Å². The molecule has 3 rings (SSSR count). The van der Waals surface area contributed by atoms with E-state index in [2.05, 4.69) is 0 Å². The lowest BCUT2D eigenvalue weighted by Gasteiger charge is -2.15. The van der Waals surface area contributed by atoms with E-state index in [1.165, 1.54) is 4.90 Å². The summed E-state index contributed by atoms with van der Waals surface area (Å²) in [4.78, 5) is 37.9. The van der Waals surface area contributed by atoms with Gasteiger partial charge in [0.05, 0.1) is 14.7 Å². The molecule has 0 atom stereocenters. The van der Waals surface area contributed by atoms with Crippen LogP contribution in [0.4, 0.5) is 0 Å². The summed E-state index contributed by atoms with van der Waals surface area (Å²) in [6.45, 7) is 2.15. The number of aromatic hydroxyl groups is 1. The molecule has 1 aliphatic rings. The Morgan fingerprint density at radius 2 is 1.75 bits per heavy atom. The van der Waals surface area contributed by atoms with Gasteiger partial charge >= 0.3 is 5.97 Å². The molecule has 28 heavy (non-hydrogen) atoms. The second-order valence-corrected chi connectivity index (χ2v) is 7.60. The molecule has 0 fully saturated rings. The lowest BCUT2D eigenvalue weighted by Crippen LogP contribution is -2.31. The molecule has 1 aliphatic heterocycles. The topological polar surface area (TPSA) is 83.9 Å². The van der Waals surface area contributed by atoms with Gasteiger partial charge in [-0.15, -0.1) is 0 Å². The first-order valence-electron chi connectivity index (χ1n) is 9.10. The largest absolute Gasteiger partial charge is 0.506 e. The summed E-state index contributed by atoms with van der Waals surface area (Å²) in [5.41, 5.74) is 1.38. The van der Waals surface area contributed by atoms with Crippen LogP contribution < -0.4 is 4.74 Å². The summed E-state index contributed by atoms with van der Waals surface area (Å²) in [5, 5.41) is 10.5. The first kappa shape index (κ1) is 20.3. The SMILES string of the molecule is CCCCC(=O)Oc1ccc(CCN2C(=O)c3ccccc3C2=O)c(O)c1I. The fourth-order valence-electron chi connectivity index (χ4n) is 3.04. The molecule has 7 heteroatoms. The molecule has 0 bridgehead atoms. The van der Waals surface area contributed by atoms with E-state index in [0.29, 0.717) is 38.9 Å². The van der Waals surface area contributed by atoms with Crippen LogP contribution >= 0.6 is 22.6 Å². The van der Waals surface area contributed by atoms with Gasteiger partial charge in [-0.25, -0.2) is 0 Å². The van der Waals surface area contributed by atoms with Crippen molar-refractivity contribution in [1.29, 1.82) is 0 Å². The Hall–Kier alpha value is -2.42. The Labute approximate surface area is 176 Å². The molecule has 6 nitrogen and oxygen atoms in total. The van der Waals surface area contributed by atoms with E-state index in [1.807, 2.05) is 29.5 Å². The molecule has 2 aromatic rings. The molecule has 1 N–H and O–H groups in total. The molecule has 0 unspecified atom stereocenters. The number of rotatable bonds is 7. The molecule has 0 aliphatic carbocycles. The quantitative estimate of drug-likeness (QED) is 0.274. The Kier molecular flexibility index (Phi) is 6.33. The lowest BCUT2D eigenvalue weighted by atomic mass is 10.1. The van der Waals surface area contributed by atoms with Crippen LogP contribution in [-0.2, 0) is 11.2 Å². The van der Waals surface area contributed by atoms with Crippen LogP contribution in [-0.4, -0.2) is 34.3 Å². The third kappa shape index (κ3) is 4.04. The number of ether oxygens (including phenoxy) is 1. The van der Waals surface area contributed by atoms with Crippen molar-refractivity contribution in [2.45, 2.75) is 32.6 Å². The summed E-state index contributed by atoms with van der Waals surface area (Å²) in [7, 11) is 0. The first-order valence-corrected chi connectivity index (χ1v) is 10.2. The monoisotopic (exact) mass is 493 g/mol. The minimum Gasteiger partial charge on any atom is -0.506 e. The van der Waals surface area contributed by atoms with E-state index >= 15 is 0 Å². The number of fused-ring (bicyclic) bond motifs is 1. The molecule has 2 amide bonds. The van der Waals surface area contributed by atoms with Crippen molar-refractivity contribution in [2.24, 2.45) is 0 Å². The van der Waals surface area contributed by atoms with Gasteiger partial charge < -0.3 is 9.84 Å². The number of phenolic OH excluding ortho intramolecular Hbond substituents is 1. The highest BCUT2D eigenvalue weighted by atomic mass is 127. The van der Waals surface area contributed by atoms with Crippen LogP contribution in [0.2, 0.25) is 0 Å². The molecule has 0 saturated carbocycles. The number of unbranched alkanes of at least 4 members (excludes halogenated alkanes) is 1. The summed E-state index contributed by atoms with van der Waals surface area (Å²) in [5.74, 6) is -0.674. The van der Waals surface area contributed by atoms with Crippen molar-refractivity contribution in [1.82, 2.24) is 4.90 Å². The molecule has 0 aromatic heterocycles. The summed E-state index contributed by atoms with van der Waals surface area (Å²) in [6.07, 6.45) is 2.28. The maximum Gasteiger partial charge on any atom is 0.311 e. The number of carbonyl (C=O) groups excluding carboxylic acids is 3. The maximum absolute atomic E-state index is 12.4. The Morgan fingerprint density at radius 3 is 2.36 bits per heavy atom. The molecular weight excluding hydrogens is 473 g/mol. The number of carbonyl (C=O) groups is 3. The molecule has 146 valence electrons. The molecule has 1 heterocycles. The van der Waals surface area contributed by atoms with Gasteiger partial charge in [0.15, 0.2) is 0 Å². The molecular formula is C21H20INO5. The van der Waals surface area contributed by atoms with Gasteiger partial charge in [-0.1, -0.05) is 31.5 Å². The number of esters is 1. The highest BCUT2D eigenvalue weighted by Gasteiger charge is 2.34. The van der Waals surface area contributed by atoms with Gasteiger partial charge in [-0.05, 0) is 59.2 Å². The minimum absolute atomic E-state index is 0.00185. The molecule has 0 spiro atoms. The van der Waals surface area contributed by atoms with Gasteiger partial charge in [0.1, 0.15) is 11.5 Å². The smallest absolute Gasteiger partial charge is 0.311 e. The zero-order valence-electron chi connectivity index (χ0n) is 15.4. The number of phenols is 1. The number of halogens is 1. The van der Waals surface area contributed by atoms with Crippen LogP contribution in [0.3, 0.4) is 0 Å². The third-order valence-electron chi connectivity index (χ3n) is 4.61. The van der Waals surface area contributed by atoms with E-state index < -0.39 is 0 Å². The number of imide groups is 1. The van der Waals surface area contributed by atoms with E-state index in [-0.39, 0.29) is 30.1 Å². The summed E-state index contributed by atoms with van der Waals surface area (Å²) >= 11 is 1.92. The second-order valence-electron chi connectivity index (χ2n) is 6.52. The Balaban J connectivity index is 1.69. The predicted molar refractivity (Wildman–Crippen MR) is 111 cm³/mol. The van der Waals surface area contributed by atoms with Gasteiger partial charge in [-0.2, -0.15) is 0 Å². The van der Waals surface area contributed by atoms with Crippen molar-refractivity contribution in [2.75, 3.05) is 6.54 Å². The number of nitrogens with zero attached hydrogens (tertiary/aromatic N) is 1. The second kappa shape index (κ2) is 8.72. The van der Waals surface area contributed by atoms with Crippen molar-refractivity contribution in [3.63, 3.8) is 0 Å². The lowest BCUT2D eigenvalue weighted by molar-refractivity contribution is -0.134. The average Bonchev–Trinajstić information content (AvgIpc) is 2.94. The van der Waals surface area contributed by atoms with E-state index in [1.54, 1.807) is 36.4 Å². The summed E-state index contributed by atoms with van der Waals surface area (Å²) in [6, 6.07) is 10.0. The van der Waals surface area contributed by atoms with Gasteiger partial charge in [0, 0.05) is 13.0 Å². The first-order chi connectivity index (χ1) is 13.4. The fourth-order valence-corrected chi connectivity index (χ4v) is 3.67. The minimum atomic E-state index is -0.335. The standard InChI is InChI=1S/C21H20INO5/c1-2-3-8-17(24)28-16-10-9-13(19(25)18(16)22)11-12-23-20(26)14-6-4-5-7-15(14)21(23)27/h4-7,9-10,25H,2-3,8,11-12H2,1H3. The predicted octanol–water partition coefficient (Wildman–Crippen LogP) is 3.93. The van der Waals surface area contributed by atoms with Crippen molar-refractivity contribution in [3.8, 4) is 11.5 Å². The van der Waals surface area contributed by atoms with Crippen molar-refractivity contribution in [3.05, 3.63) is 56.7 Å². The highest BCUT2D eigenvalue weighted by molar-refractivity contribution is 14.1. The van der Waals surface area contributed by atoms with Crippen LogP contribution in [0.5, 0.6) is 11.5 Å². The molecule has 0 radical (unpaired) electrons. The fraction of sp³-hybridized carbons (Fsp3) is 0.286. The van der Waals surface area contributed by atoms with Crippen LogP contribution in [0.1, 0.15) is 52.5 Å². The van der Waals surface area contributed by atoms with Crippen LogP contribution in [0.15, 0.2) is 36.4 Å². The van der Waals surface area contributed by atoms with E-state index in [9.17, 15) is 19.5 Å². The Morgan fingerprint density at radius 1 is 1.11 bits per heavy atom. The summed E-state index contributed by atoms with van der Waals surface area (Å²) < 4.78 is 5.75. The van der Waals surface area contributed by atoms with Gasteiger partial charge in [-0.3, -0.25) is 19.3 Å². The van der Waals surface area contributed by atoms with E-state index in [4.69, 9.17) is 4.74 Å². The van der Waals surface area contributed by atoms with Gasteiger partial charge in [0.2, 0.25) is 0 Å². The highest BCUT2D eigenvalue weighted by Crippen LogP contribution is 2.34. The van der Waals surface area contributed by atoms with Crippen LogP contribution in [0, 0.1) is 3.57 Å². The number of hydrogen-bond acceptors (Lipinski definition) is 5. The zero-order valence-corrected chi connectivity index (χ0v) is 17.6. The molecule has 2 aromatic carbocycles. The Bertz CT molecular complexity index is 905. The molecule has 0 saturated heterocycles. The normalized spacial score (nSPS) is 13.0. The maximum atomic E-state index is 12.4. The third-order valence-corrected chi connectivity index (χ3v) is 5.65. The van der Waals surface area contributed by atoms with Crippen LogP contribution in [0.25, 0.3) is 0 Å².